The van der Waals surface area contributed by atoms with Crippen molar-refractivity contribution in [1.29, 1.82) is 0 Å². The maximum absolute atomic E-state index is 13.0. The minimum absolute atomic E-state index is 0.165. The average Bonchev–Trinajstić information content (AvgIpc) is 3.10. The van der Waals surface area contributed by atoms with E-state index >= 15 is 0 Å². The predicted octanol–water partition coefficient (Wildman–Crippen LogP) is 5.35. The Morgan fingerprint density at radius 2 is 1.69 bits per heavy atom. The molecule has 0 bridgehead atoms. The predicted molar refractivity (Wildman–Crippen MR) is 107 cm³/mol. The quantitative estimate of drug-likeness (QED) is 0.545. The van der Waals surface area contributed by atoms with Crippen LogP contribution in [0.1, 0.15) is 24.8 Å². The topological polar surface area (TPSA) is 8.17 Å². The van der Waals surface area contributed by atoms with Crippen molar-refractivity contribution in [2.24, 2.45) is 0 Å². The number of hydrogen-bond acceptors (Lipinski definition) is 1. The molecule has 0 saturated heterocycles. The Labute approximate surface area is 154 Å². The van der Waals surface area contributed by atoms with Crippen LogP contribution in [-0.2, 0) is 6.54 Å². The van der Waals surface area contributed by atoms with Crippen LogP contribution in [0.25, 0.3) is 16.5 Å². The number of halogens is 1. The van der Waals surface area contributed by atoms with E-state index in [1.54, 1.807) is 12.1 Å². The summed E-state index contributed by atoms with van der Waals surface area (Å²) in [7, 11) is 0. The van der Waals surface area contributed by atoms with Gasteiger partial charge in [0.25, 0.3) is 0 Å². The Bertz CT molecular complexity index is 892. The van der Waals surface area contributed by atoms with Crippen LogP contribution in [-0.4, -0.2) is 29.1 Å². The van der Waals surface area contributed by atoms with Crippen molar-refractivity contribution in [2.45, 2.75) is 25.8 Å². The molecule has 3 heteroatoms. The molecule has 3 aromatic rings. The van der Waals surface area contributed by atoms with Crippen molar-refractivity contribution in [3.63, 3.8) is 0 Å². The maximum Gasteiger partial charge on any atom is 0.123 e. The van der Waals surface area contributed by atoms with E-state index < -0.39 is 0 Å². The molecule has 26 heavy (non-hydrogen) atoms. The molecule has 4 rings (SSSR count). The Balaban J connectivity index is 1.24. The molecule has 0 radical (unpaired) electrons. The van der Waals surface area contributed by atoms with Crippen LogP contribution in [0.5, 0.6) is 0 Å². The molecule has 0 atom stereocenters. The highest BCUT2D eigenvalue weighted by Crippen LogP contribution is 2.23. The van der Waals surface area contributed by atoms with Gasteiger partial charge in [-0.3, -0.25) is 4.90 Å². The molecule has 134 valence electrons. The molecule has 0 saturated carbocycles. The molecule has 1 aliphatic rings. The van der Waals surface area contributed by atoms with Crippen LogP contribution in [0.15, 0.2) is 66.9 Å². The van der Waals surface area contributed by atoms with Crippen LogP contribution in [0.2, 0.25) is 0 Å². The molecule has 1 aliphatic heterocycles. The van der Waals surface area contributed by atoms with E-state index in [2.05, 4.69) is 52.1 Å². The zero-order valence-electron chi connectivity index (χ0n) is 15.1. The lowest BCUT2D eigenvalue weighted by atomic mass is 9.99. The van der Waals surface area contributed by atoms with Crippen LogP contribution in [0.4, 0.5) is 4.39 Å². The van der Waals surface area contributed by atoms with Gasteiger partial charge in [-0.1, -0.05) is 36.4 Å². The number of unbranched alkanes of at least 4 members (excludes halogenated alkanes) is 1. The van der Waals surface area contributed by atoms with Gasteiger partial charge in [-0.15, -0.1) is 0 Å². The zero-order chi connectivity index (χ0) is 17.8. The van der Waals surface area contributed by atoms with E-state index in [0.29, 0.717) is 0 Å². The summed E-state index contributed by atoms with van der Waals surface area (Å²) in [5.41, 5.74) is 3.84. The summed E-state index contributed by atoms with van der Waals surface area (Å²) >= 11 is 0. The van der Waals surface area contributed by atoms with E-state index in [1.165, 1.54) is 29.3 Å². The largest absolute Gasteiger partial charge is 0.347 e. The smallest absolute Gasteiger partial charge is 0.123 e. The fourth-order valence-electron chi connectivity index (χ4n) is 3.79. The van der Waals surface area contributed by atoms with Crippen LogP contribution in [0.3, 0.4) is 0 Å². The molecular weight excluding hydrogens is 323 g/mol. The highest BCUT2D eigenvalue weighted by molar-refractivity contribution is 5.79. The van der Waals surface area contributed by atoms with Gasteiger partial charge in [-0.25, -0.2) is 4.39 Å². The Hall–Kier alpha value is -2.39. The summed E-state index contributed by atoms with van der Waals surface area (Å²) in [6.07, 6.45) is 7.96. The summed E-state index contributed by atoms with van der Waals surface area (Å²) in [6, 6.07) is 17.6. The molecule has 0 N–H and O–H groups in total. The SMILES string of the molecule is Fc1ccc(C2=CCN(CCCCn3ccc4ccccc43)CC2)cc1. The lowest BCUT2D eigenvalue weighted by Crippen LogP contribution is -2.29. The normalized spacial score (nSPS) is 15.3. The van der Waals surface area contributed by atoms with Crippen molar-refractivity contribution in [3.8, 4) is 0 Å². The van der Waals surface area contributed by atoms with Gasteiger partial charge in [-0.2, -0.15) is 0 Å². The number of fused-ring (bicyclic) bond motifs is 1. The van der Waals surface area contributed by atoms with Gasteiger partial charge in [0.15, 0.2) is 0 Å². The first-order valence-corrected chi connectivity index (χ1v) is 9.51. The highest BCUT2D eigenvalue weighted by atomic mass is 19.1. The lowest BCUT2D eigenvalue weighted by Gasteiger charge is -2.26. The van der Waals surface area contributed by atoms with Gasteiger partial charge in [0.05, 0.1) is 0 Å². The van der Waals surface area contributed by atoms with Crippen LogP contribution in [0, 0.1) is 5.82 Å². The standard InChI is InChI=1S/C23H25FN2/c24-22-9-7-19(8-10-22)20-11-16-25(17-12-20)14-3-4-15-26-18-13-21-5-1-2-6-23(21)26/h1-2,5-11,13,18H,3-4,12,14-17H2. The van der Waals surface area contributed by atoms with Crippen molar-refractivity contribution in [1.82, 2.24) is 9.47 Å². The molecule has 2 nitrogen and oxygen atoms in total. The van der Waals surface area contributed by atoms with Crippen molar-refractivity contribution < 1.29 is 4.39 Å². The number of aromatic nitrogens is 1. The molecule has 0 unspecified atom stereocenters. The third-order valence-electron chi connectivity index (χ3n) is 5.31. The number of hydrogen-bond donors (Lipinski definition) is 0. The van der Waals surface area contributed by atoms with Crippen molar-refractivity contribution in [3.05, 3.63) is 78.3 Å². The van der Waals surface area contributed by atoms with Crippen LogP contribution >= 0.6 is 0 Å². The summed E-state index contributed by atoms with van der Waals surface area (Å²) < 4.78 is 15.4. The Morgan fingerprint density at radius 3 is 2.50 bits per heavy atom. The van der Waals surface area contributed by atoms with E-state index in [0.717, 1.165) is 38.2 Å². The molecule has 0 spiro atoms. The Morgan fingerprint density at radius 1 is 0.885 bits per heavy atom. The minimum atomic E-state index is -0.165. The number of benzene rings is 2. The van der Waals surface area contributed by atoms with Gasteiger partial charge in [-0.05, 0) is 66.6 Å². The van der Waals surface area contributed by atoms with Gasteiger partial charge in [0.2, 0.25) is 0 Å². The van der Waals surface area contributed by atoms with E-state index in [1.807, 2.05) is 12.1 Å². The van der Waals surface area contributed by atoms with Gasteiger partial charge in [0.1, 0.15) is 5.82 Å². The fourth-order valence-corrected chi connectivity index (χ4v) is 3.79. The summed E-state index contributed by atoms with van der Waals surface area (Å²) in [4.78, 5) is 2.51. The van der Waals surface area contributed by atoms with Gasteiger partial charge < -0.3 is 4.57 Å². The van der Waals surface area contributed by atoms with Crippen molar-refractivity contribution >= 4 is 16.5 Å². The summed E-state index contributed by atoms with van der Waals surface area (Å²) in [5, 5.41) is 1.32. The first-order valence-electron chi connectivity index (χ1n) is 9.51. The molecule has 0 aliphatic carbocycles. The molecule has 0 fully saturated rings. The zero-order valence-corrected chi connectivity index (χ0v) is 15.1. The third kappa shape index (κ3) is 3.88. The molecular formula is C23H25FN2. The van der Waals surface area contributed by atoms with E-state index in [-0.39, 0.29) is 5.82 Å². The lowest BCUT2D eigenvalue weighted by molar-refractivity contribution is 0.293. The van der Waals surface area contributed by atoms with Gasteiger partial charge in [0, 0.05) is 31.3 Å². The monoisotopic (exact) mass is 348 g/mol. The third-order valence-corrected chi connectivity index (χ3v) is 5.31. The average molecular weight is 348 g/mol. The first kappa shape index (κ1) is 17.0. The second kappa shape index (κ2) is 7.88. The molecule has 0 amide bonds. The maximum atomic E-state index is 13.0. The van der Waals surface area contributed by atoms with Gasteiger partial charge >= 0.3 is 0 Å². The second-order valence-electron chi connectivity index (χ2n) is 7.06. The number of aryl methyl sites for hydroxylation is 1. The minimum Gasteiger partial charge on any atom is -0.347 e. The second-order valence-corrected chi connectivity index (χ2v) is 7.06. The number of rotatable bonds is 6. The summed E-state index contributed by atoms with van der Waals surface area (Å²) in [5.74, 6) is -0.165. The fraction of sp³-hybridized carbons (Fsp3) is 0.304. The number of nitrogens with zero attached hydrogens (tertiary/aromatic N) is 2. The molecule has 1 aromatic heterocycles. The summed E-state index contributed by atoms with van der Waals surface area (Å²) in [6.45, 7) is 4.32. The van der Waals surface area contributed by atoms with Crippen LogP contribution < -0.4 is 0 Å². The molecule has 2 aromatic carbocycles. The number of para-hydroxylation sites is 1. The molecule has 2 heterocycles. The van der Waals surface area contributed by atoms with E-state index in [9.17, 15) is 4.39 Å². The Kier molecular flexibility index (Phi) is 5.16. The van der Waals surface area contributed by atoms with Crippen molar-refractivity contribution in [2.75, 3.05) is 19.6 Å². The first-order chi connectivity index (χ1) is 12.8. The highest BCUT2D eigenvalue weighted by Gasteiger charge is 2.12. The van der Waals surface area contributed by atoms with E-state index in [4.69, 9.17) is 0 Å².